The molecule has 0 radical (unpaired) electrons. The molecule has 2 rings (SSSR count). The van der Waals surface area contributed by atoms with Crippen molar-refractivity contribution in [2.75, 3.05) is 13.2 Å². The van der Waals surface area contributed by atoms with E-state index < -0.39 is 0 Å². The molecule has 0 saturated heterocycles. The highest BCUT2D eigenvalue weighted by Gasteiger charge is 2.27. The largest absolute Gasteiger partial charge is 0.381 e. The summed E-state index contributed by atoms with van der Waals surface area (Å²) in [5.41, 5.74) is 4.16. The molecule has 2 unspecified atom stereocenters. The monoisotopic (exact) mass is 318 g/mol. The van der Waals surface area contributed by atoms with E-state index in [1.807, 2.05) is 0 Å². The second-order valence-electron chi connectivity index (χ2n) is 9.81. The highest BCUT2D eigenvalue weighted by Crippen LogP contribution is 2.40. The van der Waals surface area contributed by atoms with E-state index in [1.54, 1.807) is 11.1 Å². The second-order valence-corrected chi connectivity index (χ2v) is 9.81. The maximum Gasteiger partial charge on any atom is 0.0503 e. The third-order valence-electron chi connectivity index (χ3n) is 5.34. The summed E-state index contributed by atoms with van der Waals surface area (Å²) in [6.45, 7) is 16.1. The van der Waals surface area contributed by atoms with E-state index in [4.69, 9.17) is 4.74 Å². The first kappa shape index (κ1) is 18.8. The predicted octanol–water partition coefficient (Wildman–Crippen LogP) is 6.55. The molecule has 1 nitrogen and oxygen atoms in total. The van der Waals surface area contributed by atoms with Crippen LogP contribution in [0.2, 0.25) is 0 Å². The fourth-order valence-corrected chi connectivity index (χ4v) is 5.01. The van der Waals surface area contributed by atoms with Gasteiger partial charge in [-0.2, -0.15) is 0 Å². The van der Waals surface area contributed by atoms with Gasteiger partial charge in [-0.3, -0.25) is 0 Å². The SMILES string of the molecule is CC1C=C(CCOCCC2=CC(C)CC(C)(C)C2)CC(C)(C)C1. The highest BCUT2D eigenvalue weighted by molar-refractivity contribution is 5.12. The minimum Gasteiger partial charge on any atom is -0.381 e. The Morgan fingerprint density at radius 3 is 1.57 bits per heavy atom. The van der Waals surface area contributed by atoms with Crippen LogP contribution in [-0.2, 0) is 4.74 Å². The van der Waals surface area contributed by atoms with Crippen LogP contribution in [0.4, 0.5) is 0 Å². The Hall–Kier alpha value is -0.560. The molecule has 2 atom stereocenters. The molecule has 0 aromatic rings. The van der Waals surface area contributed by atoms with Gasteiger partial charge in [0.1, 0.15) is 0 Å². The van der Waals surface area contributed by atoms with Crippen molar-refractivity contribution in [2.45, 2.75) is 80.1 Å². The van der Waals surface area contributed by atoms with Gasteiger partial charge in [0.25, 0.3) is 0 Å². The summed E-state index contributed by atoms with van der Waals surface area (Å²) in [6.07, 6.45) is 12.3. The molecule has 0 heterocycles. The van der Waals surface area contributed by atoms with E-state index >= 15 is 0 Å². The van der Waals surface area contributed by atoms with E-state index in [0.29, 0.717) is 10.8 Å². The molecule has 0 amide bonds. The molecule has 0 spiro atoms. The van der Waals surface area contributed by atoms with Gasteiger partial charge >= 0.3 is 0 Å². The van der Waals surface area contributed by atoms with E-state index in [1.165, 1.54) is 25.7 Å². The van der Waals surface area contributed by atoms with Crippen LogP contribution in [0.3, 0.4) is 0 Å². The number of hydrogen-bond acceptors (Lipinski definition) is 1. The van der Waals surface area contributed by atoms with E-state index in [0.717, 1.165) is 37.9 Å². The molecular formula is C22H38O. The average Bonchev–Trinajstić information content (AvgIpc) is 2.33. The van der Waals surface area contributed by atoms with Crippen molar-refractivity contribution in [1.29, 1.82) is 0 Å². The zero-order valence-electron chi connectivity index (χ0n) is 16.4. The smallest absolute Gasteiger partial charge is 0.0503 e. The quantitative estimate of drug-likeness (QED) is 0.398. The van der Waals surface area contributed by atoms with Crippen molar-refractivity contribution < 1.29 is 4.74 Å². The lowest BCUT2D eigenvalue weighted by atomic mass is 9.73. The first-order valence-corrected chi connectivity index (χ1v) is 9.62. The first-order valence-electron chi connectivity index (χ1n) is 9.62. The molecule has 23 heavy (non-hydrogen) atoms. The van der Waals surface area contributed by atoms with Crippen molar-refractivity contribution in [3.05, 3.63) is 23.3 Å². The standard InChI is InChI=1S/C22H38O/c1-17-11-19(15-21(3,4)13-17)7-9-23-10-8-20-12-18(2)14-22(5,6)16-20/h11-12,17-18H,7-10,13-16H2,1-6H3. The molecule has 0 saturated carbocycles. The van der Waals surface area contributed by atoms with Crippen LogP contribution in [0, 0.1) is 22.7 Å². The van der Waals surface area contributed by atoms with Gasteiger partial charge in [0, 0.05) is 0 Å². The summed E-state index contributed by atoms with van der Waals surface area (Å²) in [7, 11) is 0. The zero-order chi connectivity index (χ0) is 17.1. The van der Waals surface area contributed by atoms with Crippen molar-refractivity contribution in [3.63, 3.8) is 0 Å². The van der Waals surface area contributed by atoms with Gasteiger partial charge in [0.15, 0.2) is 0 Å². The molecular weight excluding hydrogens is 280 g/mol. The fraction of sp³-hybridized carbons (Fsp3) is 0.818. The van der Waals surface area contributed by atoms with Gasteiger partial charge in [-0.25, -0.2) is 0 Å². The number of ether oxygens (including phenoxy) is 1. The van der Waals surface area contributed by atoms with E-state index in [9.17, 15) is 0 Å². The van der Waals surface area contributed by atoms with Crippen LogP contribution in [0.5, 0.6) is 0 Å². The Morgan fingerprint density at radius 1 is 0.826 bits per heavy atom. The Balaban J connectivity index is 1.68. The minimum atomic E-state index is 0.470. The topological polar surface area (TPSA) is 9.23 Å². The van der Waals surface area contributed by atoms with Gasteiger partial charge in [-0.05, 0) is 61.2 Å². The number of allylic oxidation sites excluding steroid dienone is 2. The molecule has 2 aliphatic carbocycles. The molecule has 0 aliphatic heterocycles. The summed E-state index contributed by atoms with van der Waals surface area (Å²) in [5, 5.41) is 0. The molecule has 1 heteroatoms. The third-order valence-corrected chi connectivity index (χ3v) is 5.34. The minimum absolute atomic E-state index is 0.470. The summed E-state index contributed by atoms with van der Waals surface area (Å²) in [6, 6.07) is 0. The van der Waals surface area contributed by atoms with Crippen LogP contribution in [0.15, 0.2) is 23.3 Å². The second kappa shape index (κ2) is 7.55. The summed E-state index contributed by atoms with van der Waals surface area (Å²) in [5.74, 6) is 1.45. The van der Waals surface area contributed by atoms with Crippen LogP contribution in [0.1, 0.15) is 80.1 Å². The Bertz CT molecular complexity index is 411. The highest BCUT2D eigenvalue weighted by atomic mass is 16.5. The van der Waals surface area contributed by atoms with Crippen molar-refractivity contribution in [1.82, 2.24) is 0 Å². The van der Waals surface area contributed by atoms with E-state index in [2.05, 4.69) is 53.7 Å². The first-order chi connectivity index (χ1) is 10.7. The Labute approximate surface area is 144 Å². The van der Waals surface area contributed by atoms with E-state index in [-0.39, 0.29) is 0 Å². The van der Waals surface area contributed by atoms with Crippen LogP contribution >= 0.6 is 0 Å². The van der Waals surface area contributed by atoms with Gasteiger partial charge in [-0.15, -0.1) is 0 Å². The molecule has 0 fully saturated rings. The van der Waals surface area contributed by atoms with Crippen LogP contribution < -0.4 is 0 Å². The van der Waals surface area contributed by atoms with Gasteiger partial charge < -0.3 is 4.74 Å². The molecule has 0 aromatic heterocycles. The Morgan fingerprint density at radius 2 is 1.22 bits per heavy atom. The maximum atomic E-state index is 5.96. The molecule has 0 N–H and O–H groups in total. The predicted molar refractivity (Wildman–Crippen MR) is 101 cm³/mol. The fourth-order valence-electron chi connectivity index (χ4n) is 5.01. The van der Waals surface area contributed by atoms with Crippen molar-refractivity contribution in [2.24, 2.45) is 22.7 Å². The number of hydrogen-bond donors (Lipinski definition) is 0. The lowest BCUT2D eigenvalue weighted by molar-refractivity contribution is 0.134. The van der Waals surface area contributed by atoms with Crippen molar-refractivity contribution >= 4 is 0 Å². The molecule has 0 bridgehead atoms. The zero-order valence-corrected chi connectivity index (χ0v) is 16.4. The molecule has 132 valence electrons. The van der Waals surface area contributed by atoms with Crippen LogP contribution in [0.25, 0.3) is 0 Å². The molecule has 0 aromatic carbocycles. The van der Waals surface area contributed by atoms with Gasteiger partial charge in [-0.1, -0.05) is 64.8 Å². The Kier molecular flexibility index (Phi) is 6.16. The van der Waals surface area contributed by atoms with Crippen molar-refractivity contribution in [3.8, 4) is 0 Å². The summed E-state index contributed by atoms with van der Waals surface area (Å²) >= 11 is 0. The normalized spacial score (nSPS) is 29.8. The van der Waals surface area contributed by atoms with Gasteiger partial charge in [0.05, 0.1) is 13.2 Å². The van der Waals surface area contributed by atoms with Crippen LogP contribution in [-0.4, -0.2) is 13.2 Å². The number of rotatable bonds is 6. The summed E-state index contributed by atoms with van der Waals surface area (Å²) < 4.78 is 5.96. The lowest BCUT2D eigenvalue weighted by Crippen LogP contribution is -2.21. The lowest BCUT2D eigenvalue weighted by Gasteiger charge is -2.33. The third kappa shape index (κ3) is 6.45. The molecule has 2 aliphatic rings. The van der Waals surface area contributed by atoms with Gasteiger partial charge in [0.2, 0.25) is 0 Å². The summed E-state index contributed by atoms with van der Waals surface area (Å²) in [4.78, 5) is 0. The maximum absolute atomic E-state index is 5.96. The average molecular weight is 319 g/mol.